The molecule has 1 N–H and O–H groups in total. The van der Waals surface area contributed by atoms with Gasteiger partial charge < -0.3 is 4.98 Å². The molecule has 0 radical (unpaired) electrons. The monoisotopic (exact) mass is 354 g/mol. The van der Waals surface area contributed by atoms with E-state index in [1.807, 2.05) is 0 Å². The minimum atomic E-state index is 1.03. The van der Waals surface area contributed by atoms with Gasteiger partial charge >= 0.3 is 0 Å². The molecule has 0 unspecified atom stereocenters. The van der Waals surface area contributed by atoms with Gasteiger partial charge in [-0.1, -0.05) is 75.8 Å². The van der Waals surface area contributed by atoms with Crippen LogP contribution in [-0.4, -0.2) is 29.5 Å². The van der Waals surface area contributed by atoms with E-state index in [0.29, 0.717) is 0 Å². The lowest BCUT2D eigenvalue weighted by Crippen LogP contribution is -2.31. The summed E-state index contributed by atoms with van der Waals surface area (Å²) in [7, 11) is 0. The lowest BCUT2D eigenvalue weighted by molar-refractivity contribution is 0.291. The van der Waals surface area contributed by atoms with Crippen molar-refractivity contribution in [2.45, 2.75) is 71.6 Å². The molecule has 2 rings (SSSR count). The lowest BCUT2D eigenvalue weighted by atomic mass is 10.1. The first-order valence-corrected chi connectivity index (χ1v) is 10.6. The number of nitrogens with zero attached hydrogens (tertiary/aromatic N) is 1. The molecule has 1 heterocycles. The van der Waals surface area contributed by atoms with Crippen molar-refractivity contribution >= 4 is 12.2 Å². The molecule has 2 nitrogen and oxygen atoms in total. The zero-order valence-electron chi connectivity index (χ0n) is 17.0. The summed E-state index contributed by atoms with van der Waals surface area (Å²) in [6, 6.07) is 0. The Morgan fingerprint density at radius 2 is 1.88 bits per heavy atom. The maximum absolute atomic E-state index is 4.13. The maximum Gasteiger partial charge on any atom is 0.0453 e. The average Bonchev–Trinajstić information content (AvgIpc) is 2.84. The van der Waals surface area contributed by atoms with Crippen LogP contribution in [0, 0.1) is 0 Å². The molecule has 0 atom stereocenters. The molecule has 144 valence electrons. The van der Waals surface area contributed by atoms with E-state index >= 15 is 0 Å². The lowest BCUT2D eigenvalue weighted by Gasteiger charge is -2.22. The van der Waals surface area contributed by atoms with Crippen LogP contribution in [0.15, 0.2) is 30.5 Å². The molecule has 0 fully saturated rings. The third kappa shape index (κ3) is 7.37. The summed E-state index contributed by atoms with van der Waals surface area (Å²) < 4.78 is 0. The van der Waals surface area contributed by atoms with Gasteiger partial charge in [-0.05, 0) is 49.6 Å². The number of hydrogen-bond acceptors (Lipinski definition) is 1. The van der Waals surface area contributed by atoms with Gasteiger partial charge in [-0.3, -0.25) is 4.90 Å². The number of unbranched alkanes of at least 4 members (excludes halogenated alkanes) is 6. The molecule has 0 aromatic carbocycles. The summed E-state index contributed by atoms with van der Waals surface area (Å²) in [6.07, 6.45) is 22.9. The minimum Gasteiger partial charge on any atom is -0.361 e. The average molecular weight is 355 g/mol. The van der Waals surface area contributed by atoms with Gasteiger partial charge in [0.15, 0.2) is 0 Å². The van der Waals surface area contributed by atoms with Gasteiger partial charge in [-0.2, -0.15) is 0 Å². The first-order chi connectivity index (χ1) is 12.7. The SMILES string of the molecule is C=C(C)CN(CCCCCCCCC)CCc1c[nH]c2c1=CCC=CC=2. The topological polar surface area (TPSA) is 19.0 Å². The number of aromatic nitrogens is 1. The van der Waals surface area contributed by atoms with Gasteiger partial charge in [0.05, 0.1) is 0 Å². The minimum absolute atomic E-state index is 1.03. The molecule has 2 heteroatoms. The molecule has 0 spiro atoms. The Kier molecular flexibility index (Phi) is 9.55. The maximum atomic E-state index is 4.13. The Balaban J connectivity index is 1.80. The van der Waals surface area contributed by atoms with E-state index in [4.69, 9.17) is 0 Å². The molecule has 1 aromatic rings. The second kappa shape index (κ2) is 12.0. The Hall–Kier alpha value is -1.54. The summed E-state index contributed by atoms with van der Waals surface area (Å²) in [6.45, 7) is 11.9. The zero-order valence-corrected chi connectivity index (χ0v) is 17.0. The normalized spacial score (nSPS) is 13.2. The Morgan fingerprint density at radius 1 is 1.12 bits per heavy atom. The molecule has 1 aliphatic rings. The number of H-pyrrole nitrogens is 1. The van der Waals surface area contributed by atoms with Crippen LogP contribution >= 0.6 is 0 Å². The smallest absolute Gasteiger partial charge is 0.0453 e. The van der Waals surface area contributed by atoms with Crippen LogP contribution in [0.5, 0.6) is 0 Å². The fraction of sp³-hybridized carbons (Fsp3) is 0.583. The van der Waals surface area contributed by atoms with E-state index in [-0.39, 0.29) is 0 Å². The summed E-state index contributed by atoms with van der Waals surface area (Å²) >= 11 is 0. The Morgan fingerprint density at radius 3 is 2.65 bits per heavy atom. The first-order valence-electron chi connectivity index (χ1n) is 10.6. The van der Waals surface area contributed by atoms with Crippen molar-refractivity contribution in [1.29, 1.82) is 0 Å². The van der Waals surface area contributed by atoms with Gasteiger partial charge in [0.2, 0.25) is 0 Å². The van der Waals surface area contributed by atoms with Crippen molar-refractivity contribution < 1.29 is 0 Å². The van der Waals surface area contributed by atoms with E-state index in [2.05, 4.69) is 60.8 Å². The van der Waals surface area contributed by atoms with Crippen LogP contribution in [0.2, 0.25) is 0 Å². The molecule has 0 aliphatic heterocycles. The second-order valence-corrected chi connectivity index (χ2v) is 7.78. The van der Waals surface area contributed by atoms with Crippen LogP contribution in [0.4, 0.5) is 0 Å². The van der Waals surface area contributed by atoms with Gasteiger partial charge in [0, 0.05) is 24.6 Å². The Labute approximate surface area is 160 Å². The van der Waals surface area contributed by atoms with E-state index < -0.39 is 0 Å². The van der Waals surface area contributed by atoms with E-state index in [0.717, 1.165) is 25.9 Å². The van der Waals surface area contributed by atoms with E-state index in [9.17, 15) is 0 Å². The first kappa shape index (κ1) is 20.8. The van der Waals surface area contributed by atoms with E-state index in [1.54, 1.807) is 0 Å². The molecule has 0 saturated carbocycles. The highest BCUT2D eigenvalue weighted by atomic mass is 15.1. The standard InChI is InChI=1S/C24H38N2/c1-4-5-6-7-8-9-13-17-26(20-21(2)3)18-16-22-19-25-24-15-12-10-11-14-23(22)24/h10,12,14-15,19,25H,2,4-9,11,13,16-18,20H2,1,3H3. The van der Waals surface area contributed by atoms with Crippen molar-refractivity contribution in [3.05, 3.63) is 46.6 Å². The Bertz CT molecular complexity index is 678. The quantitative estimate of drug-likeness (QED) is 0.401. The van der Waals surface area contributed by atoms with Crippen molar-refractivity contribution in [3.8, 4) is 0 Å². The number of nitrogens with one attached hydrogen (secondary N) is 1. The molecule has 1 aliphatic carbocycles. The highest BCUT2D eigenvalue weighted by Gasteiger charge is 2.07. The number of hydrogen-bond donors (Lipinski definition) is 1. The third-order valence-corrected chi connectivity index (χ3v) is 5.16. The molecule has 1 aromatic heterocycles. The van der Waals surface area contributed by atoms with Crippen molar-refractivity contribution in [3.63, 3.8) is 0 Å². The van der Waals surface area contributed by atoms with Gasteiger partial charge in [0.1, 0.15) is 0 Å². The molecule has 0 saturated heterocycles. The molecule has 0 amide bonds. The fourth-order valence-corrected chi connectivity index (χ4v) is 3.73. The highest BCUT2D eigenvalue weighted by Crippen LogP contribution is 2.09. The summed E-state index contributed by atoms with van der Waals surface area (Å²) in [5.41, 5.74) is 2.72. The highest BCUT2D eigenvalue weighted by molar-refractivity contribution is 5.44. The summed E-state index contributed by atoms with van der Waals surface area (Å²) in [5, 5.41) is 2.66. The number of aromatic amines is 1. The predicted octanol–water partition coefficient (Wildman–Crippen LogP) is 4.71. The summed E-state index contributed by atoms with van der Waals surface area (Å²) in [5.74, 6) is 0. The summed E-state index contributed by atoms with van der Waals surface area (Å²) in [4.78, 5) is 6.02. The van der Waals surface area contributed by atoms with Crippen molar-refractivity contribution in [2.24, 2.45) is 0 Å². The molecule has 26 heavy (non-hydrogen) atoms. The fourth-order valence-electron chi connectivity index (χ4n) is 3.73. The molecular weight excluding hydrogens is 316 g/mol. The van der Waals surface area contributed by atoms with Gasteiger partial charge in [-0.25, -0.2) is 0 Å². The second-order valence-electron chi connectivity index (χ2n) is 7.78. The molecular formula is C24H38N2. The zero-order chi connectivity index (χ0) is 18.6. The van der Waals surface area contributed by atoms with Crippen molar-refractivity contribution in [2.75, 3.05) is 19.6 Å². The van der Waals surface area contributed by atoms with Crippen LogP contribution in [0.1, 0.15) is 70.8 Å². The largest absolute Gasteiger partial charge is 0.361 e. The third-order valence-electron chi connectivity index (χ3n) is 5.16. The number of rotatable bonds is 13. The van der Waals surface area contributed by atoms with Crippen LogP contribution in [-0.2, 0) is 6.42 Å². The van der Waals surface area contributed by atoms with E-state index in [1.165, 1.54) is 73.2 Å². The van der Waals surface area contributed by atoms with Crippen molar-refractivity contribution in [1.82, 2.24) is 9.88 Å². The van der Waals surface area contributed by atoms with Gasteiger partial charge in [0.25, 0.3) is 0 Å². The molecule has 0 bridgehead atoms. The van der Waals surface area contributed by atoms with Gasteiger partial charge in [-0.15, -0.1) is 0 Å². The number of allylic oxidation sites excluding steroid dienone is 2. The van der Waals surface area contributed by atoms with Crippen LogP contribution in [0.25, 0.3) is 12.2 Å². The predicted molar refractivity (Wildman–Crippen MR) is 116 cm³/mol. The number of fused-ring (bicyclic) bond motifs is 1. The van der Waals surface area contributed by atoms with Crippen LogP contribution in [0.3, 0.4) is 0 Å². The van der Waals surface area contributed by atoms with Crippen LogP contribution < -0.4 is 10.6 Å².